The molecule has 0 aliphatic rings. The first-order valence-corrected chi connectivity index (χ1v) is 3.73. The Morgan fingerprint density at radius 3 is 1.67 bits per heavy atom. The zero-order chi connectivity index (χ0) is 10.2. The summed E-state index contributed by atoms with van der Waals surface area (Å²) in [5, 5.41) is -5.76. The quantitative estimate of drug-likeness (QED) is 0.499. The fraction of sp³-hybridized carbons (Fsp3) is 1.00. The van der Waals surface area contributed by atoms with E-state index in [0.29, 0.717) is 0 Å². The average molecular weight is 211 g/mol. The second-order valence-corrected chi connectivity index (χ2v) is 3.11. The summed E-state index contributed by atoms with van der Waals surface area (Å²) in [7, 11) is -6.28. The minimum absolute atomic E-state index is 0.152. The van der Waals surface area contributed by atoms with Crippen molar-refractivity contribution >= 4 is 10.1 Å². The molecule has 0 aromatic heterocycles. The fourth-order valence-corrected chi connectivity index (χ4v) is 0.639. The average Bonchev–Trinajstić information content (AvgIpc) is 1.85. The van der Waals surface area contributed by atoms with Crippen LogP contribution in [0.15, 0.2) is 0 Å². The number of rotatable bonds is 3. The van der Waals surface area contributed by atoms with Crippen molar-refractivity contribution in [3.05, 3.63) is 0 Å². The van der Waals surface area contributed by atoms with Crippen LogP contribution >= 0.6 is 0 Å². The highest BCUT2D eigenvalue weighted by molar-refractivity contribution is 7.86. The molecule has 0 aliphatic heterocycles. The Morgan fingerprint density at radius 1 is 1.25 bits per heavy atom. The largest absolute Gasteiger partial charge is 0.743 e. The Labute approximate surface area is 64.9 Å². The van der Waals surface area contributed by atoms with E-state index in [4.69, 9.17) is 0 Å². The highest BCUT2D eigenvalue weighted by atomic mass is 32.2. The van der Waals surface area contributed by atoms with Gasteiger partial charge in [0.15, 0.2) is 10.1 Å². The summed E-state index contributed by atoms with van der Waals surface area (Å²) in [6, 6.07) is 0. The molecule has 0 aliphatic carbocycles. The lowest BCUT2D eigenvalue weighted by molar-refractivity contribution is -0.306. The van der Waals surface area contributed by atoms with Crippen LogP contribution in [0.1, 0.15) is 0 Å². The van der Waals surface area contributed by atoms with Crippen molar-refractivity contribution in [2.75, 3.05) is 7.11 Å². The molecule has 0 amide bonds. The number of alkyl halides is 4. The first kappa shape index (κ1) is 11.6. The summed E-state index contributed by atoms with van der Waals surface area (Å²) in [5.41, 5.74) is 0. The monoisotopic (exact) mass is 211 g/mol. The minimum atomic E-state index is -6.43. The maximum atomic E-state index is 11.9. The molecule has 0 fully saturated rings. The summed E-state index contributed by atoms with van der Waals surface area (Å²) < 4.78 is 79.3. The molecule has 0 aromatic carbocycles. The standard InChI is InChI=1S/C3H4F4O4S/c1-11-2(4,5)3(6,7)12(8,9)10/h1H3,(H,8,9,10)/p-1. The van der Waals surface area contributed by atoms with Gasteiger partial charge >= 0.3 is 11.4 Å². The van der Waals surface area contributed by atoms with E-state index in [2.05, 4.69) is 4.74 Å². The first-order valence-electron chi connectivity index (χ1n) is 2.32. The number of halogens is 4. The Balaban J connectivity index is 5.13. The lowest BCUT2D eigenvalue weighted by atomic mass is 10.6. The predicted octanol–water partition coefficient (Wildman–Crippen LogP) is 0.364. The van der Waals surface area contributed by atoms with Gasteiger partial charge in [-0.1, -0.05) is 0 Å². The predicted molar refractivity (Wildman–Crippen MR) is 26.6 cm³/mol. The number of hydrogen-bond donors (Lipinski definition) is 0. The number of methoxy groups -OCH3 is 1. The van der Waals surface area contributed by atoms with Gasteiger partial charge in [0.2, 0.25) is 0 Å². The molecule has 12 heavy (non-hydrogen) atoms. The fourth-order valence-electron chi connectivity index (χ4n) is 0.264. The maximum absolute atomic E-state index is 11.9. The Bertz CT molecular complexity index is 257. The van der Waals surface area contributed by atoms with Gasteiger partial charge in [0.05, 0.1) is 0 Å². The van der Waals surface area contributed by atoms with Crippen molar-refractivity contribution in [2.45, 2.75) is 11.4 Å². The SMILES string of the molecule is COC(F)(F)C(F)(F)S(=O)(=O)[O-]. The summed E-state index contributed by atoms with van der Waals surface area (Å²) in [6.45, 7) is 0. The van der Waals surface area contributed by atoms with Gasteiger partial charge in [-0.15, -0.1) is 0 Å². The van der Waals surface area contributed by atoms with Crippen LogP contribution in [-0.2, 0) is 14.9 Å². The van der Waals surface area contributed by atoms with Gasteiger partial charge in [-0.2, -0.15) is 17.6 Å². The Hall–Kier alpha value is -0.410. The van der Waals surface area contributed by atoms with Gasteiger partial charge in [0.1, 0.15) is 0 Å². The summed E-state index contributed by atoms with van der Waals surface area (Å²) in [5.74, 6) is 0. The second-order valence-electron chi connectivity index (χ2n) is 1.69. The van der Waals surface area contributed by atoms with Crippen LogP contribution < -0.4 is 0 Å². The number of hydrogen-bond acceptors (Lipinski definition) is 4. The van der Waals surface area contributed by atoms with E-state index in [0.717, 1.165) is 0 Å². The summed E-state index contributed by atoms with van der Waals surface area (Å²) in [6.07, 6.45) is -5.31. The van der Waals surface area contributed by atoms with Gasteiger partial charge in [-0.3, -0.25) is 0 Å². The highest BCUT2D eigenvalue weighted by Crippen LogP contribution is 2.38. The molecule has 0 heterocycles. The van der Waals surface area contributed by atoms with Crippen molar-refractivity contribution < 1.29 is 35.3 Å². The van der Waals surface area contributed by atoms with Crippen LogP contribution in [0.4, 0.5) is 17.6 Å². The molecule has 0 spiro atoms. The minimum Gasteiger partial charge on any atom is -0.743 e. The third kappa shape index (κ3) is 1.67. The molecule has 0 bridgehead atoms. The summed E-state index contributed by atoms with van der Waals surface area (Å²) >= 11 is 0. The van der Waals surface area contributed by atoms with Crippen molar-refractivity contribution in [3.8, 4) is 0 Å². The van der Waals surface area contributed by atoms with Crippen molar-refractivity contribution in [1.29, 1.82) is 0 Å². The molecule has 4 nitrogen and oxygen atoms in total. The highest BCUT2D eigenvalue weighted by Gasteiger charge is 2.62. The van der Waals surface area contributed by atoms with E-state index >= 15 is 0 Å². The molecule has 0 unspecified atom stereocenters. The van der Waals surface area contributed by atoms with Crippen LogP contribution in [0.5, 0.6) is 0 Å². The van der Waals surface area contributed by atoms with Gasteiger partial charge in [-0.25, -0.2) is 8.42 Å². The molecule has 74 valence electrons. The lowest BCUT2D eigenvalue weighted by Crippen LogP contribution is -2.48. The lowest BCUT2D eigenvalue weighted by Gasteiger charge is -2.26. The second kappa shape index (κ2) is 2.82. The van der Waals surface area contributed by atoms with Gasteiger partial charge in [0, 0.05) is 7.11 Å². The molecule has 9 heteroatoms. The van der Waals surface area contributed by atoms with E-state index in [9.17, 15) is 30.5 Å². The third-order valence-electron chi connectivity index (χ3n) is 0.909. The van der Waals surface area contributed by atoms with E-state index in [-0.39, 0.29) is 7.11 Å². The molecule has 0 saturated heterocycles. The molecule has 0 radical (unpaired) electrons. The molecular formula is C3H3F4O4S-. The van der Waals surface area contributed by atoms with Crippen LogP contribution in [0, 0.1) is 0 Å². The molecule has 0 N–H and O–H groups in total. The molecule has 0 aromatic rings. The van der Waals surface area contributed by atoms with Gasteiger partial charge in [0.25, 0.3) is 0 Å². The number of ether oxygens (including phenoxy) is 1. The van der Waals surface area contributed by atoms with Gasteiger partial charge in [-0.05, 0) is 0 Å². The van der Waals surface area contributed by atoms with Crippen LogP contribution in [0.25, 0.3) is 0 Å². The first-order chi connectivity index (χ1) is 5.06. The van der Waals surface area contributed by atoms with Gasteiger partial charge < -0.3 is 9.29 Å². The maximum Gasteiger partial charge on any atom is 0.433 e. The van der Waals surface area contributed by atoms with Crippen molar-refractivity contribution in [3.63, 3.8) is 0 Å². The third-order valence-corrected chi connectivity index (χ3v) is 1.77. The normalized spacial score (nSPS) is 14.8. The Morgan fingerprint density at radius 2 is 1.58 bits per heavy atom. The van der Waals surface area contributed by atoms with Crippen molar-refractivity contribution in [2.24, 2.45) is 0 Å². The van der Waals surface area contributed by atoms with Crippen LogP contribution in [-0.4, -0.2) is 31.4 Å². The van der Waals surface area contributed by atoms with Crippen LogP contribution in [0.3, 0.4) is 0 Å². The smallest absolute Gasteiger partial charge is 0.433 e. The Kier molecular flexibility index (Phi) is 2.72. The molecule has 0 atom stereocenters. The van der Waals surface area contributed by atoms with Crippen LogP contribution in [0.2, 0.25) is 0 Å². The van der Waals surface area contributed by atoms with E-state index in [1.54, 1.807) is 0 Å². The van der Waals surface area contributed by atoms with E-state index in [1.807, 2.05) is 0 Å². The molecule has 0 saturated carbocycles. The topological polar surface area (TPSA) is 66.4 Å². The zero-order valence-electron chi connectivity index (χ0n) is 5.55. The van der Waals surface area contributed by atoms with Crippen molar-refractivity contribution in [1.82, 2.24) is 0 Å². The summed E-state index contributed by atoms with van der Waals surface area (Å²) in [4.78, 5) is 0. The van der Waals surface area contributed by atoms with E-state index < -0.39 is 21.5 Å². The zero-order valence-corrected chi connectivity index (χ0v) is 6.37. The molecule has 0 rings (SSSR count). The molecular weight excluding hydrogens is 208 g/mol. The van der Waals surface area contributed by atoms with E-state index in [1.165, 1.54) is 0 Å².